The van der Waals surface area contributed by atoms with Gasteiger partial charge in [-0.1, -0.05) is 0 Å². The second kappa shape index (κ2) is 5.25. The first-order valence-corrected chi connectivity index (χ1v) is 7.21. The van der Waals surface area contributed by atoms with E-state index < -0.39 is 0 Å². The number of aryl methyl sites for hydroxylation is 1. The maximum absolute atomic E-state index is 12.4. The Bertz CT molecular complexity index is 698. The number of phenols is 1. The lowest BCUT2D eigenvalue weighted by atomic mass is 10.1. The van der Waals surface area contributed by atoms with Gasteiger partial charge < -0.3 is 19.5 Å². The van der Waals surface area contributed by atoms with Gasteiger partial charge in [-0.15, -0.1) is 11.3 Å². The van der Waals surface area contributed by atoms with E-state index in [9.17, 15) is 9.90 Å². The fourth-order valence-electron chi connectivity index (χ4n) is 2.10. The van der Waals surface area contributed by atoms with E-state index >= 15 is 0 Å². The summed E-state index contributed by atoms with van der Waals surface area (Å²) in [6, 6.07) is 2.90. The van der Waals surface area contributed by atoms with E-state index in [1.54, 1.807) is 7.05 Å². The molecule has 1 aromatic heterocycles. The molecule has 1 amide bonds. The molecule has 2 heterocycles. The molecule has 0 saturated carbocycles. The number of ether oxygens (including phenoxy) is 2. The molecule has 0 spiro atoms. The fourth-order valence-corrected chi connectivity index (χ4v) is 2.71. The van der Waals surface area contributed by atoms with Gasteiger partial charge in [0.1, 0.15) is 5.75 Å². The lowest BCUT2D eigenvalue weighted by Gasteiger charge is -2.17. The van der Waals surface area contributed by atoms with E-state index in [-0.39, 0.29) is 24.0 Å². The number of benzene rings is 1. The molecule has 0 saturated heterocycles. The molecule has 0 unspecified atom stereocenters. The van der Waals surface area contributed by atoms with Crippen LogP contribution in [0.25, 0.3) is 0 Å². The molecule has 0 aliphatic carbocycles. The molecule has 1 N–H and O–H groups in total. The van der Waals surface area contributed by atoms with Crippen LogP contribution in [0.15, 0.2) is 17.5 Å². The van der Waals surface area contributed by atoms with Crippen molar-refractivity contribution in [3.8, 4) is 17.2 Å². The molecule has 2 aromatic rings. The monoisotopic (exact) mass is 306 g/mol. The van der Waals surface area contributed by atoms with Crippen LogP contribution in [0.1, 0.15) is 21.1 Å². The number of hydrogen-bond donors (Lipinski definition) is 1. The largest absolute Gasteiger partial charge is 0.507 e. The number of phenolic OH excluding ortho intramolecular Hbond substituents is 1. The van der Waals surface area contributed by atoms with Gasteiger partial charge in [0.25, 0.3) is 5.91 Å². The van der Waals surface area contributed by atoms with Gasteiger partial charge in [0.15, 0.2) is 11.5 Å². The van der Waals surface area contributed by atoms with Crippen LogP contribution >= 0.6 is 11.3 Å². The number of aromatic nitrogens is 1. The average Bonchev–Trinajstić information content (AvgIpc) is 3.05. The zero-order valence-corrected chi connectivity index (χ0v) is 12.4. The molecule has 0 fully saturated rings. The predicted octanol–water partition coefficient (Wildman–Crippen LogP) is 2.16. The summed E-state index contributed by atoms with van der Waals surface area (Å²) in [4.78, 5) is 18.3. The van der Waals surface area contributed by atoms with E-state index in [0.717, 1.165) is 10.7 Å². The molecule has 1 aliphatic heterocycles. The summed E-state index contributed by atoms with van der Waals surface area (Å²) in [5, 5.41) is 12.8. The Morgan fingerprint density at radius 3 is 2.81 bits per heavy atom. The highest BCUT2D eigenvalue weighted by Gasteiger charge is 2.23. The van der Waals surface area contributed by atoms with Gasteiger partial charge in [-0.3, -0.25) is 4.79 Å². The average molecular weight is 306 g/mol. The molecule has 0 radical (unpaired) electrons. The smallest absolute Gasteiger partial charge is 0.257 e. The molecule has 7 heteroatoms. The quantitative estimate of drug-likeness (QED) is 0.941. The molecule has 6 nitrogen and oxygen atoms in total. The van der Waals surface area contributed by atoms with Crippen LogP contribution in [-0.4, -0.2) is 34.7 Å². The van der Waals surface area contributed by atoms with Crippen LogP contribution in [0.2, 0.25) is 0 Å². The minimum Gasteiger partial charge on any atom is -0.507 e. The Morgan fingerprint density at radius 2 is 2.14 bits per heavy atom. The topological polar surface area (TPSA) is 71.9 Å². The predicted molar refractivity (Wildman–Crippen MR) is 76.9 cm³/mol. The SMILES string of the molecule is Cc1nc(CN(C)C(=O)c2cc3c(cc2O)OCO3)cs1. The number of carbonyl (C=O) groups excluding carboxylic acids is 1. The summed E-state index contributed by atoms with van der Waals surface area (Å²) in [7, 11) is 1.67. The Labute approximate surface area is 125 Å². The van der Waals surface area contributed by atoms with Crippen LogP contribution in [0.4, 0.5) is 0 Å². The van der Waals surface area contributed by atoms with Crippen LogP contribution in [0.5, 0.6) is 17.2 Å². The van der Waals surface area contributed by atoms with E-state index in [1.165, 1.54) is 28.4 Å². The lowest BCUT2D eigenvalue weighted by molar-refractivity contribution is 0.0780. The normalized spacial score (nSPS) is 12.5. The van der Waals surface area contributed by atoms with Crippen molar-refractivity contribution in [1.29, 1.82) is 0 Å². The number of hydrogen-bond acceptors (Lipinski definition) is 6. The molecular weight excluding hydrogens is 292 g/mol. The minimum absolute atomic E-state index is 0.0976. The maximum atomic E-state index is 12.4. The Balaban J connectivity index is 1.81. The number of rotatable bonds is 3. The van der Waals surface area contributed by atoms with Crippen molar-refractivity contribution >= 4 is 17.2 Å². The third-order valence-corrected chi connectivity index (χ3v) is 3.96. The molecule has 21 heavy (non-hydrogen) atoms. The highest BCUT2D eigenvalue weighted by Crippen LogP contribution is 2.38. The van der Waals surface area contributed by atoms with Crippen molar-refractivity contribution in [2.45, 2.75) is 13.5 Å². The molecule has 1 aromatic carbocycles. The van der Waals surface area contributed by atoms with E-state index in [2.05, 4.69) is 4.98 Å². The van der Waals surface area contributed by atoms with Crippen molar-refractivity contribution in [3.05, 3.63) is 33.8 Å². The Kier molecular flexibility index (Phi) is 3.42. The molecule has 110 valence electrons. The summed E-state index contributed by atoms with van der Waals surface area (Å²) in [5.74, 6) is 0.498. The van der Waals surface area contributed by atoms with Gasteiger partial charge in [-0.25, -0.2) is 4.98 Å². The van der Waals surface area contributed by atoms with Crippen molar-refractivity contribution in [2.75, 3.05) is 13.8 Å². The lowest BCUT2D eigenvalue weighted by Crippen LogP contribution is -2.26. The zero-order valence-electron chi connectivity index (χ0n) is 11.6. The van der Waals surface area contributed by atoms with E-state index in [1.807, 2.05) is 12.3 Å². The van der Waals surface area contributed by atoms with Gasteiger partial charge in [0, 0.05) is 24.6 Å². The van der Waals surface area contributed by atoms with Gasteiger partial charge in [-0.05, 0) is 6.92 Å². The van der Waals surface area contributed by atoms with E-state index in [4.69, 9.17) is 9.47 Å². The second-order valence-electron chi connectivity index (χ2n) is 4.74. The Morgan fingerprint density at radius 1 is 1.43 bits per heavy atom. The van der Waals surface area contributed by atoms with Gasteiger partial charge in [0.2, 0.25) is 6.79 Å². The zero-order chi connectivity index (χ0) is 15.0. The summed E-state index contributed by atoms with van der Waals surface area (Å²) < 4.78 is 10.4. The molecule has 0 atom stereocenters. The molecular formula is C14H14N2O4S. The number of amides is 1. The standard InChI is InChI=1S/C14H14N2O4S/c1-8-15-9(6-21-8)5-16(2)14(18)10-3-12-13(4-11(10)17)20-7-19-12/h3-4,6,17H,5,7H2,1-2H3. The second-order valence-corrected chi connectivity index (χ2v) is 5.80. The number of aromatic hydroxyl groups is 1. The van der Waals surface area contributed by atoms with Crippen LogP contribution < -0.4 is 9.47 Å². The van der Waals surface area contributed by atoms with Crippen LogP contribution in [0.3, 0.4) is 0 Å². The first-order valence-electron chi connectivity index (χ1n) is 6.33. The third kappa shape index (κ3) is 2.64. The van der Waals surface area contributed by atoms with Gasteiger partial charge >= 0.3 is 0 Å². The highest BCUT2D eigenvalue weighted by atomic mass is 32.1. The molecule has 1 aliphatic rings. The first-order chi connectivity index (χ1) is 10.0. The summed E-state index contributed by atoms with van der Waals surface area (Å²) >= 11 is 1.54. The summed E-state index contributed by atoms with van der Waals surface area (Å²) in [6.45, 7) is 2.40. The van der Waals surface area contributed by atoms with Gasteiger partial charge in [0.05, 0.1) is 22.8 Å². The maximum Gasteiger partial charge on any atom is 0.257 e. The minimum atomic E-state index is -0.295. The van der Waals surface area contributed by atoms with Crippen LogP contribution in [0, 0.1) is 6.92 Å². The fraction of sp³-hybridized carbons (Fsp3) is 0.286. The number of thiazole rings is 1. The van der Waals surface area contributed by atoms with Crippen molar-refractivity contribution < 1.29 is 19.4 Å². The third-order valence-electron chi connectivity index (χ3n) is 3.13. The first kappa shape index (κ1) is 13.7. The van der Waals surface area contributed by atoms with Crippen LogP contribution in [-0.2, 0) is 6.54 Å². The number of nitrogens with zero attached hydrogens (tertiary/aromatic N) is 2. The number of carbonyl (C=O) groups is 1. The molecule has 0 bridgehead atoms. The van der Waals surface area contributed by atoms with Crippen molar-refractivity contribution in [3.63, 3.8) is 0 Å². The summed E-state index contributed by atoms with van der Waals surface area (Å²) in [5.41, 5.74) is 1.02. The summed E-state index contributed by atoms with van der Waals surface area (Å²) in [6.07, 6.45) is 0. The van der Waals surface area contributed by atoms with Gasteiger partial charge in [-0.2, -0.15) is 0 Å². The van der Waals surface area contributed by atoms with Crippen molar-refractivity contribution in [2.24, 2.45) is 0 Å². The van der Waals surface area contributed by atoms with Crippen molar-refractivity contribution in [1.82, 2.24) is 9.88 Å². The number of fused-ring (bicyclic) bond motifs is 1. The van der Waals surface area contributed by atoms with E-state index in [0.29, 0.717) is 18.0 Å². The Hall–Kier alpha value is -2.28. The molecule has 3 rings (SSSR count). The highest BCUT2D eigenvalue weighted by molar-refractivity contribution is 7.09.